The highest BCUT2D eigenvalue weighted by atomic mass is 19.1. The minimum Gasteiger partial charge on any atom is -0.352 e. The van der Waals surface area contributed by atoms with E-state index in [0.717, 1.165) is 5.56 Å². The molecule has 0 atom stereocenters. The van der Waals surface area contributed by atoms with Crippen LogP contribution in [0.3, 0.4) is 0 Å². The van der Waals surface area contributed by atoms with Crippen LogP contribution in [-0.4, -0.2) is 5.91 Å². The van der Waals surface area contributed by atoms with E-state index < -0.39 is 0 Å². The number of nitrogens with zero attached hydrogens (tertiary/aromatic N) is 1. The van der Waals surface area contributed by atoms with Gasteiger partial charge in [-0.1, -0.05) is 30.3 Å². The van der Waals surface area contributed by atoms with E-state index in [1.807, 2.05) is 6.07 Å². The van der Waals surface area contributed by atoms with Gasteiger partial charge >= 0.3 is 0 Å². The van der Waals surface area contributed by atoms with Gasteiger partial charge < -0.3 is 5.32 Å². The topological polar surface area (TPSA) is 52.9 Å². The van der Waals surface area contributed by atoms with E-state index in [9.17, 15) is 9.18 Å². The largest absolute Gasteiger partial charge is 0.352 e. The molecule has 0 aliphatic carbocycles. The van der Waals surface area contributed by atoms with Gasteiger partial charge in [0.05, 0.1) is 18.1 Å². The third kappa shape index (κ3) is 3.66. The second-order valence-corrected chi connectivity index (χ2v) is 4.35. The van der Waals surface area contributed by atoms with Crippen molar-refractivity contribution >= 4 is 5.91 Å². The molecule has 2 aromatic carbocycles. The summed E-state index contributed by atoms with van der Waals surface area (Å²) in [5, 5.41) is 11.4. The molecule has 0 saturated heterocycles. The summed E-state index contributed by atoms with van der Waals surface area (Å²) in [5.41, 5.74) is 1.83. The van der Waals surface area contributed by atoms with Crippen molar-refractivity contribution in [2.75, 3.05) is 0 Å². The number of carbonyl (C=O) groups is 1. The third-order valence-electron chi connectivity index (χ3n) is 2.88. The maximum atomic E-state index is 13.4. The lowest BCUT2D eigenvalue weighted by Gasteiger charge is -2.06. The summed E-state index contributed by atoms with van der Waals surface area (Å²) in [6, 6.07) is 15.2. The average molecular weight is 268 g/mol. The monoisotopic (exact) mass is 268 g/mol. The molecule has 0 spiro atoms. The molecule has 0 aliphatic heterocycles. The number of halogens is 1. The van der Waals surface area contributed by atoms with E-state index in [4.69, 9.17) is 5.26 Å². The van der Waals surface area contributed by atoms with Crippen molar-refractivity contribution in [3.8, 4) is 6.07 Å². The first-order chi connectivity index (χ1) is 9.69. The Labute approximate surface area is 116 Å². The fraction of sp³-hybridized carbons (Fsp3) is 0.125. The molecule has 0 fully saturated rings. The maximum absolute atomic E-state index is 13.4. The van der Waals surface area contributed by atoms with Gasteiger partial charge in [-0.05, 0) is 23.8 Å². The van der Waals surface area contributed by atoms with Gasteiger partial charge in [-0.2, -0.15) is 5.26 Å². The van der Waals surface area contributed by atoms with E-state index in [2.05, 4.69) is 5.32 Å². The molecule has 1 N–H and O–H groups in total. The predicted molar refractivity (Wildman–Crippen MR) is 73.1 cm³/mol. The lowest BCUT2D eigenvalue weighted by molar-refractivity contribution is -0.120. The van der Waals surface area contributed by atoms with Crippen LogP contribution in [0.5, 0.6) is 0 Å². The molecule has 1 amide bonds. The summed E-state index contributed by atoms with van der Waals surface area (Å²) in [6.07, 6.45) is 0.208. The third-order valence-corrected chi connectivity index (χ3v) is 2.88. The summed E-state index contributed by atoms with van der Waals surface area (Å²) in [4.78, 5) is 11.8. The standard InChI is InChI=1S/C16H13FN2O/c17-15-4-2-1-3-14(15)11-19-16(20)9-12-5-7-13(10-18)8-6-12/h1-8H,9,11H2,(H,19,20). The molecule has 0 unspecified atom stereocenters. The highest BCUT2D eigenvalue weighted by Gasteiger charge is 2.05. The number of hydrogen-bond donors (Lipinski definition) is 1. The van der Waals surface area contributed by atoms with Crippen molar-refractivity contribution < 1.29 is 9.18 Å². The fourth-order valence-corrected chi connectivity index (χ4v) is 1.78. The van der Waals surface area contributed by atoms with Crippen LogP contribution in [0.25, 0.3) is 0 Å². The van der Waals surface area contributed by atoms with E-state index in [0.29, 0.717) is 11.1 Å². The van der Waals surface area contributed by atoms with Gasteiger partial charge in [0.15, 0.2) is 0 Å². The number of carbonyl (C=O) groups excluding carboxylic acids is 1. The lowest BCUT2D eigenvalue weighted by Crippen LogP contribution is -2.25. The summed E-state index contributed by atoms with van der Waals surface area (Å²) in [5.74, 6) is -0.510. The maximum Gasteiger partial charge on any atom is 0.224 e. The van der Waals surface area contributed by atoms with Gasteiger partial charge in [-0.3, -0.25) is 4.79 Å². The molecule has 100 valence electrons. The number of benzene rings is 2. The Bertz CT molecular complexity index is 644. The van der Waals surface area contributed by atoms with Crippen LogP contribution in [0.15, 0.2) is 48.5 Å². The van der Waals surface area contributed by atoms with Crippen molar-refractivity contribution in [2.24, 2.45) is 0 Å². The Balaban J connectivity index is 1.89. The number of nitriles is 1. The van der Waals surface area contributed by atoms with Gasteiger partial charge in [0.2, 0.25) is 5.91 Å². The highest BCUT2D eigenvalue weighted by Crippen LogP contribution is 2.07. The normalized spacial score (nSPS) is 9.80. The smallest absolute Gasteiger partial charge is 0.224 e. The second kappa shape index (κ2) is 6.48. The Morgan fingerprint density at radius 1 is 1.15 bits per heavy atom. The summed E-state index contributed by atoms with van der Waals surface area (Å²) in [7, 11) is 0. The van der Waals surface area contributed by atoms with Gasteiger partial charge in [-0.15, -0.1) is 0 Å². The Morgan fingerprint density at radius 2 is 1.85 bits per heavy atom. The number of hydrogen-bond acceptors (Lipinski definition) is 2. The SMILES string of the molecule is N#Cc1ccc(CC(=O)NCc2ccccc2F)cc1. The molecule has 0 aliphatic rings. The zero-order chi connectivity index (χ0) is 14.4. The van der Waals surface area contributed by atoms with Crippen LogP contribution in [-0.2, 0) is 17.8 Å². The highest BCUT2D eigenvalue weighted by molar-refractivity contribution is 5.78. The molecule has 2 rings (SSSR count). The van der Waals surface area contributed by atoms with E-state index in [1.54, 1.807) is 42.5 Å². The molecule has 0 heterocycles. The minimum atomic E-state index is -0.328. The number of nitrogens with one attached hydrogen (secondary N) is 1. The lowest BCUT2D eigenvalue weighted by atomic mass is 10.1. The van der Waals surface area contributed by atoms with Crippen molar-refractivity contribution in [2.45, 2.75) is 13.0 Å². The zero-order valence-corrected chi connectivity index (χ0v) is 10.8. The van der Waals surface area contributed by atoms with E-state index in [1.165, 1.54) is 6.07 Å². The number of amides is 1. The minimum absolute atomic E-state index is 0.168. The first-order valence-electron chi connectivity index (χ1n) is 6.18. The van der Waals surface area contributed by atoms with Crippen molar-refractivity contribution in [3.05, 3.63) is 71.0 Å². The van der Waals surface area contributed by atoms with Crippen LogP contribution in [0.1, 0.15) is 16.7 Å². The average Bonchev–Trinajstić information content (AvgIpc) is 2.47. The van der Waals surface area contributed by atoms with Crippen LogP contribution in [0.2, 0.25) is 0 Å². The molecule has 0 radical (unpaired) electrons. The van der Waals surface area contributed by atoms with Crippen LogP contribution < -0.4 is 5.32 Å². The molecule has 0 bridgehead atoms. The second-order valence-electron chi connectivity index (χ2n) is 4.35. The molecule has 2 aromatic rings. The molecule has 3 nitrogen and oxygen atoms in total. The van der Waals surface area contributed by atoms with Crippen LogP contribution in [0.4, 0.5) is 4.39 Å². The summed E-state index contributed by atoms with van der Waals surface area (Å²) >= 11 is 0. The number of rotatable bonds is 4. The van der Waals surface area contributed by atoms with Gasteiger partial charge in [0.25, 0.3) is 0 Å². The van der Waals surface area contributed by atoms with Crippen LogP contribution in [0, 0.1) is 17.1 Å². The molecular formula is C16H13FN2O. The predicted octanol–water partition coefficient (Wildman–Crippen LogP) is 2.56. The molecular weight excluding hydrogens is 255 g/mol. The molecule has 0 aromatic heterocycles. The van der Waals surface area contributed by atoms with Gasteiger partial charge in [-0.25, -0.2) is 4.39 Å². The van der Waals surface area contributed by atoms with E-state index >= 15 is 0 Å². The quantitative estimate of drug-likeness (QED) is 0.926. The molecule has 0 saturated carbocycles. The van der Waals surface area contributed by atoms with Crippen molar-refractivity contribution in [3.63, 3.8) is 0 Å². The van der Waals surface area contributed by atoms with E-state index in [-0.39, 0.29) is 24.7 Å². The summed E-state index contributed by atoms with van der Waals surface area (Å²) in [6.45, 7) is 0.168. The molecule has 4 heteroatoms. The van der Waals surface area contributed by atoms with Crippen LogP contribution >= 0.6 is 0 Å². The zero-order valence-electron chi connectivity index (χ0n) is 10.8. The Hall–Kier alpha value is -2.67. The first kappa shape index (κ1) is 13.8. The van der Waals surface area contributed by atoms with Gasteiger partial charge in [0, 0.05) is 12.1 Å². The Kier molecular flexibility index (Phi) is 4.46. The van der Waals surface area contributed by atoms with Crippen molar-refractivity contribution in [1.82, 2.24) is 5.32 Å². The summed E-state index contributed by atoms with van der Waals surface area (Å²) < 4.78 is 13.4. The first-order valence-corrected chi connectivity index (χ1v) is 6.18. The van der Waals surface area contributed by atoms with Crippen molar-refractivity contribution in [1.29, 1.82) is 5.26 Å². The fourth-order valence-electron chi connectivity index (χ4n) is 1.78. The van der Waals surface area contributed by atoms with Gasteiger partial charge in [0.1, 0.15) is 5.82 Å². The Morgan fingerprint density at radius 3 is 2.50 bits per heavy atom. The molecule has 20 heavy (non-hydrogen) atoms.